The van der Waals surface area contributed by atoms with Crippen molar-refractivity contribution in [3.8, 4) is 5.75 Å². The summed E-state index contributed by atoms with van der Waals surface area (Å²) in [6, 6.07) is 3.44. The van der Waals surface area contributed by atoms with Gasteiger partial charge in [0.25, 0.3) is 0 Å². The van der Waals surface area contributed by atoms with Gasteiger partial charge in [-0.2, -0.15) is 0 Å². The summed E-state index contributed by atoms with van der Waals surface area (Å²) in [6.07, 6.45) is 3.77. The molecule has 1 saturated heterocycles. The van der Waals surface area contributed by atoms with E-state index in [1.165, 1.54) is 7.11 Å². The maximum Gasteiger partial charge on any atom is 0.410 e. The molecule has 0 N–H and O–H groups in total. The highest BCUT2D eigenvalue weighted by Crippen LogP contribution is 2.43. The van der Waals surface area contributed by atoms with E-state index >= 15 is 0 Å². The lowest BCUT2D eigenvalue weighted by molar-refractivity contribution is 0.116. The lowest BCUT2D eigenvalue weighted by Crippen LogP contribution is -2.31. The molecule has 0 spiro atoms. The molecule has 1 aromatic carbocycles. The fraction of sp³-hybridized carbons (Fsp3) is 0.450. The molecule has 0 radical (unpaired) electrons. The summed E-state index contributed by atoms with van der Waals surface area (Å²) in [5, 5.41) is 9.75. The van der Waals surface area contributed by atoms with Crippen molar-refractivity contribution in [1.29, 1.82) is 0 Å². The van der Waals surface area contributed by atoms with Gasteiger partial charge in [-0.1, -0.05) is 35.9 Å². The molecule has 154 valence electrons. The largest absolute Gasteiger partial charge is 0.489 e. The molecule has 0 saturated carbocycles. The fourth-order valence-electron chi connectivity index (χ4n) is 4.22. The van der Waals surface area contributed by atoms with E-state index in [-0.39, 0.29) is 18.1 Å². The van der Waals surface area contributed by atoms with Crippen LogP contribution in [-0.2, 0) is 17.7 Å². The van der Waals surface area contributed by atoms with E-state index in [1.807, 2.05) is 6.07 Å². The number of amides is 1. The molecule has 1 unspecified atom stereocenters. The van der Waals surface area contributed by atoms with E-state index in [1.54, 1.807) is 17.0 Å². The number of hydrogen-bond donors (Lipinski definition) is 0. The van der Waals surface area contributed by atoms with Gasteiger partial charge >= 0.3 is 6.09 Å². The van der Waals surface area contributed by atoms with Gasteiger partial charge in [0, 0.05) is 31.0 Å². The zero-order chi connectivity index (χ0) is 20.5. The highest BCUT2D eigenvalue weighted by molar-refractivity contribution is 6.42. The van der Waals surface area contributed by atoms with Crippen molar-refractivity contribution in [3.63, 3.8) is 0 Å². The highest BCUT2D eigenvalue weighted by atomic mass is 35.5. The lowest BCUT2D eigenvalue weighted by atomic mass is 9.96. The minimum absolute atomic E-state index is 0.0539. The molecule has 7 nitrogen and oxygen atoms in total. The van der Waals surface area contributed by atoms with Crippen LogP contribution in [0.15, 0.2) is 24.8 Å². The van der Waals surface area contributed by atoms with Crippen LogP contribution in [0.1, 0.15) is 42.0 Å². The second kappa shape index (κ2) is 8.24. The van der Waals surface area contributed by atoms with Crippen LogP contribution in [0.3, 0.4) is 0 Å². The van der Waals surface area contributed by atoms with Crippen LogP contribution >= 0.6 is 23.2 Å². The van der Waals surface area contributed by atoms with Crippen molar-refractivity contribution in [1.82, 2.24) is 19.7 Å². The number of hydrogen-bond acceptors (Lipinski definition) is 5. The maximum atomic E-state index is 12.1. The van der Waals surface area contributed by atoms with Gasteiger partial charge in [-0.25, -0.2) is 4.79 Å². The van der Waals surface area contributed by atoms with Crippen LogP contribution in [0.4, 0.5) is 4.79 Å². The number of aromatic nitrogens is 3. The number of fused-ring (bicyclic) bond motifs is 1. The van der Waals surface area contributed by atoms with Gasteiger partial charge in [0.15, 0.2) is 5.82 Å². The van der Waals surface area contributed by atoms with Crippen molar-refractivity contribution in [2.24, 2.45) is 0 Å². The normalized spacial score (nSPS) is 20.6. The van der Waals surface area contributed by atoms with E-state index in [9.17, 15) is 4.79 Å². The number of likely N-dealkylation sites (tertiary alicyclic amines) is 1. The van der Waals surface area contributed by atoms with Crippen LogP contribution in [0.25, 0.3) is 0 Å². The lowest BCUT2D eigenvalue weighted by Gasteiger charge is -2.23. The Kier molecular flexibility index (Phi) is 5.69. The molecule has 29 heavy (non-hydrogen) atoms. The monoisotopic (exact) mass is 436 g/mol. The maximum absolute atomic E-state index is 12.1. The Hall–Kier alpha value is -2.25. The number of rotatable bonds is 5. The highest BCUT2D eigenvalue weighted by Gasteiger charge is 2.38. The Labute approximate surface area is 179 Å². The summed E-state index contributed by atoms with van der Waals surface area (Å²) >= 11 is 12.9. The molecule has 1 aromatic heterocycles. The van der Waals surface area contributed by atoms with Crippen molar-refractivity contribution < 1.29 is 14.3 Å². The molecule has 9 heteroatoms. The zero-order valence-corrected chi connectivity index (χ0v) is 17.6. The van der Waals surface area contributed by atoms with E-state index in [2.05, 4.69) is 21.3 Å². The van der Waals surface area contributed by atoms with Crippen LogP contribution in [0, 0.1) is 0 Å². The smallest absolute Gasteiger partial charge is 0.410 e. The topological polar surface area (TPSA) is 69.5 Å². The zero-order valence-electron chi connectivity index (χ0n) is 16.1. The molecular weight excluding hydrogens is 415 g/mol. The number of carbonyl (C=O) groups is 1. The quantitative estimate of drug-likeness (QED) is 0.649. The van der Waals surface area contributed by atoms with Crippen molar-refractivity contribution >= 4 is 29.3 Å². The molecule has 2 aliphatic heterocycles. The first-order chi connectivity index (χ1) is 14.0. The number of methoxy groups -OCH3 is 1. The Morgan fingerprint density at radius 3 is 2.97 bits per heavy atom. The van der Waals surface area contributed by atoms with E-state index in [4.69, 9.17) is 32.7 Å². The van der Waals surface area contributed by atoms with Gasteiger partial charge < -0.3 is 14.0 Å². The fourth-order valence-corrected chi connectivity index (χ4v) is 4.69. The first-order valence-corrected chi connectivity index (χ1v) is 10.3. The third-order valence-electron chi connectivity index (χ3n) is 5.51. The summed E-state index contributed by atoms with van der Waals surface area (Å²) in [7, 11) is 1.40. The van der Waals surface area contributed by atoms with Gasteiger partial charge in [0.2, 0.25) is 0 Å². The van der Waals surface area contributed by atoms with Crippen molar-refractivity contribution in [2.75, 3.05) is 20.3 Å². The predicted molar refractivity (Wildman–Crippen MR) is 110 cm³/mol. The van der Waals surface area contributed by atoms with E-state index in [0.29, 0.717) is 41.9 Å². The Morgan fingerprint density at radius 2 is 2.21 bits per heavy atom. The van der Waals surface area contributed by atoms with Crippen LogP contribution < -0.4 is 4.74 Å². The van der Waals surface area contributed by atoms with Crippen LogP contribution in [0.2, 0.25) is 10.0 Å². The number of carbonyl (C=O) groups excluding carboxylic acids is 1. The van der Waals surface area contributed by atoms with E-state index < -0.39 is 0 Å². The van der Waals surface area contributed by atoms with Gasteiger partial charge in [-0.05, 0) is 25.0 Å². The SMILES string of the molecule is C=CCOc1ccc(Cl)c(Cl)c1[C@@H]1Cc2nnc(C3CCCN3C(=O)OC)n2C1. The van der Waals surface area contributed by atoms with Crippen LogP contribution in [-0.4, -0.2) is 46.0 Å². The summed E-state index contributed by atoms with van der Waals surface area (Å²) in [5.74, 6) is 2.41. The molecule has 1 fully saturated rings. The molecule has 0 bridgehead atoms. The predicted octanol–water partition coefficient (Wildman–Crippen LogP) is 4.39. The van der Waals surface area contributed by atoms with Crippen molar-refractivity contribution in [2.45, 2.75) is 37.8 Å². The molecule has 4 rings (SSSR count). The van der Waals surface area contributed by atoms with Crippen molar-refractivity contribution in [3.05, 3.63) is 52.0 Å². The second-order valence-corrected chi connectivity index (χ2v) is 7.97. The average molecular weight is 437 g/mol. The number of halogens is 2. The van der Waals surface area contributed by atoms with Gasteiger partial charge in [-0.3, -0.25) is 4.90 Å². The Balaban J connectivity index is 1.64. The number of nitrogens with zero attached hydrogens (tertiary/aromatic N) is 4. The number of ether oxygens (including phenoxy) is 2. The van der Waals surface area contributed by atoms with Crippen LogP contribution in [0.5, 0.6) is 5.75 Å². The summed E-state index contributed by atoms with van der Waals surface area (Å²) in [6.45, 7) is 5.38. The van der Waals surface area contributed by atoms with Gasteiger partial charge in [0.1, 0.15) is 18.2 Å². The molecule has 0 aliphatic carbocycles. The molecule has 2 atom stereocenters. The second-order valence-electron chi connectivity index (χ2n) is 7.18. The molecule has 3 heterocycles. The summed E-state index contributed by atoms with van der Waals surface area (Å²) < 4.78 is 12.8. The summed E-state index contributed by atoms with van der Waals surface area (Å²) in [4.78, 5) is 13.8. The average Bonchev–Trinajstić information content (AvgIpc) is 3.43. The minimum atomic E-state index is -0.336. The van der Waals surface area contributed by atoms with Gasteiger partial charge in [0.05, 0.1) is 23.2 Å². The molecule has 1 amide bonds. The Bertz CT molecular complexity index is 946. The summed E-state index contributed by atoms with van der Waals surface area (Å²) in [5.41, 5.74) is 0.869. The molecule has 2 aromatic rings. The number of benzene rings is 1. The molecular formula is C20H22Cl2N4O3. The third-order valence-corrected chi connectivity index (χ3v) is 6.32. The Morgan fingerprint density at radius 1 is 1.38 bits per heavy atom. The first-order valence-electron chi connectivity index (χ1n) is 9.53. The van der Waals surface area contributed by atoms with Gasteiger partial charge in [-0.15, -0.1) is 10.2 Å². The standard InChI is InChI=1S/C20H22Cl2N4O3/c1-3-9-29-15-7-6-13(21)18(22)17(15)12-10-16-23-24-19(26(16)11-12)14-5-4-8-25(14)20(27)28-2/h3,6-7,12,14H,1,4-5,8-11H2,2H3/t12-,14?/m1/s1. The minimum Gasteiger partial charge on any atom is -0.489 e. The third kappa shape index (κ3) is 3.57. The molecule has 2 aliphatic rings. The van der Waals surface area contributed by atoms with E-state index in [0.717, 1.165) is 30.1 Å². The first kappa shape index (κ1) is 20.0.